The molecule has 19 heavy (non-hydrogen) atoms. The molecule has 4 nitrogen and oxygen atoms in total. The number of likely N-dealkylation sites (N-methyl/N-ethyl adjacent to an activating group) is 1. The van der Waals surface area contributed by atoms with Crippen LogP contribution in [0.3, 0.4) is 0 Å². The molecule has 108 valence electrons. The van der Waals surface area contributed by atoms with E-state index in [0.717, 1.165) is 36.8 Å². The lowest BCUT2D eigenvalue weighted by Gasteiger charge is -2.16. The Morgan fingerprint density at radius 1 is 1.32 bits per heavy atom. The number of carbonyl (C=O) groups excluding carboxylic acids is 1. The van der Waals surface area contributed by atoms with Crippen LogP contribution in [0, 0.1) is 0 Å². The van der Waals surface area contributed by atoms with Gasteiger partial charge in [-0.15, -0.1) is 11.3 Å². The van der Waals surface area contributed by atoms with E-state index in [1.54, 1.807) is 11.3 Å². The van der Waals surface area contributed by atoms with E-state index in [4.69, 9.17) is 4.74 Å². The summed E-state index contributed by atoms with van der Waals surface area (Å²) < 4.78 is 4.91. The molecule has 1 rings (SSSR count). The summed E-state index contributed by atoms with van der Waals surface area (Å²) in [4.78, 5) is 18.2. The molecule has 0 unspecified atom stereocenters. The Kier molecular flexibility index (Phi) is 7.67. The molecular weight excluding hydrogens is 260 g/mol. The third kappa shape index (κ3) is 6.16. The van der Waals surface area contributed by atoms with Crippen LogP contribution in [0.1, 0.15) is 37.9 Å². The lowest BCUT2D eigenvalue weighted by Crippen LogP contribution is -2.25. The Labute approximate surface area is 119 Å². The second kappa shape index (κ2) is 9.04. The zero-order valence-corrected chi connectivity index (χ0v) is 13.0. The zero-order chi connectivity index (χ0) is 14.1. The van der Waals surface area contributed by atoms with Gasteiger partial charge in [0.2, 0.25) is 0 Å². The lowest BCUT2D eigenvalue weighted by atomic mass is 10.2. The SMILES string of the molecule is CCOC(=O)CCc1csc(CCN(CC)CC)n1. The van der Waals surface area contributed by atoms with E-state index in [1.807, 2.05) is 6.92 Å². The van der Waals surface area contributed by atoms with E-state index in [9.17, 15) is 4.79 Å². The van der Waals surface area contributed by atoms with Crippen LogP contribution in [0.15, 0.2) is 5.38 Å². The third-order valence-electron chi connectivity index (χ3n) is 3.03. The minimum absolute atomic E-state index is 0.139. The quantitative estimate of drug-likeness (QED) is 0.654. The number of carbonyl (C=O) groups is 1. The Morgan fingerprint density at radius 3 is 2.68 bits per heavy atom. The molecule has 0 aliphatic heterocycles. The fourth-order valence-electron chi connectivity index (χ4n) is 1.84. The normalized spacial score (nSPS) is 10.9. The largest absolute Gasteiger partial charge is 0.466 e. The van der Waals surface area contributed by atoms with Gasteiger partial charge >= 0.3 is 5.97 Å². The van der Waals surface area contributed by atoms with Crippen molar-refractivity contribution in [3.8, 4) is 0 Å². The summed E-state index contributed by atoms with van der Waals surface area (Å²) in [6.45, 7) is 9.84. The maximum atomic E-state index is 11.3. The van der Waals surface area contributed by atoms with Crippen LogP contribution in [-0.2, 0) is 22.4 Å². The maximum absolute atomic E-state index is 11.3. The molecule has 1 aromatic rings. The third-order valence-corrected chi connectivity index (χ3v) is 3.98. The van der Waals surface area contributed by atoms with Crippen molar-refractivity contribution in [1.82, 2.24) is 9.88 Å². The molecule has 0 amide bonds. The van der Waals surface area contributed by atoms with Gasteiger partial charge < -0.3 is 9.64 Å². The Morgan fingerprint density at radius 2 is 2.05 bits per heavy atom. The summed E-state index contributed by atoms with van der Waals surface area (Å²) in [6.07, 6.45) is 2.10. The van der Waals surface area contributed by atoms with Crippen molar-refractivity contribution < 1.29 is 9.53 Å². The molecule has 0 bridgehead atoms. The molecule has 0 aliphatic rings. The van der Waals surface area contributed by atoms with Crippen LogP contribution in [-0.4, -0.2) is 42.1 Å². The van der Waals surface area contributed by atoms with Gasteiger partial charge in [0, 0.05) is 24.8 Å². The van der Waals surface area contributed by atoms with Crippen LogP contribution in [0.4, 0.5) is 0 Å². The smallest absolute Gasteiger partial charge is 0.306 e. The predicted molar refractivity (Wildman–Crippen MR) is 78.6 cm³/mol. The highest BCUT2D eigenvalue weighted by atomic mass is 32.1. The van der Waals surface area contributed by atoms with Crippen molar-refractivity contribution in [1.29, 1.82) is 0 Å². The molecule has 0 atom stereocenters. The van der Waals surface area contributed by atoms with Gasteiger partial charge in [0.15, 0.2) is 0 Å². The van der Waals surface area contributed by atoms with Crippen molar-refractivity contribution in [2.24, 2.45) is 0 Å². The second-order valence-corrected chi connectivity index (χ2v) is 5.26. The Hall–Kier alpha value is -0.940. The van der Waals surface area contributed by atoms with Gasteiger partial charge in [0.1, 0.15) is 0 Å². The monoisotopic (exact) mass is 284 g/mol. The molecule has 1 aromatic heterocycles. The maximum Gasteiger partial charge on any atom is 0.306 e. The fourth-order valence-corrected chi connectivity index (χ4v) is 2.66. The number of thiazole rings is 1. The number of aryl methyl sites for hydroxylation is 1. The first-order chi connectivity index (χ1) is 9.19. The topological polar surface area (TPSA) is 42.4 Å². The van der Waals surface area contributed by atoms with E-state index in [0.29, 0.717) is 19.4 Å². The van der Waals surface area contributed by atoms with Crippen LogP contribution < -0.4 is 0 Å². The van der Waals surface area contributed by atoms with Crippen molar-refractivity contribution in [3.63, 3.8) is 0 Å². The molecule has 0 radical (unpaired) electrons. The van der Waals surface area contributed by atoms with Crippen molar-refractivity contribution in [2.75, 3.05) is 26.2 Å². The number of esters is 1. The zero-order valence-electron chi connectivity index (χ0n) is 12.1. The Bertz CT molecular complexity index is 375. The highest BCUT2D eigenvalue weighted by Gasteiger charge is 2.07. The number of hydrogen-bond donors (Lipinski definition) is 0. The highest BCUT2D eigenvalue weighted by Crippen LogP contribution is 2.12. The number of hydrogen-bond acceptors (Lipinski definition) is 5. The summed E-state index contributed by atoms with van der Waals surface area (Å²) in [5, 5.41) is 3.21. The van der Waals surface area contributed by atoms with E-state index in [-0.39, 0.29) is 5.97 Å². The molecule has 0 spiro atoms. The molecule has 0 aliphatic carbocycles. The first-order valence-corrected chi connectivity index (χ1v) is 7.88. The molecule has 1 heterocycles. The highest BCUT2D eigenvalue weighted by molar-refractivity contribution is 7.09. The van der Waals surface area contributed by atoms with Crippen molar-refractivity contribution in [2.45, 2.75) is 40.0 Å². The van der Waals surface area contributed by atoms with E-state index in [2.05, 4.69) is 29.1 Å². The summed E-state index contributed by atoms with van der Waals surface area (Å²) >= 11 is 1.69. The van der Waals surface area contributed by atoms with E-state index >= 15 is 0 Å². The van der Waals surface area contributed by atoms with Crippen LogP contribution in [0.2, 0.25) is 0 Å². The standard InChI is InChI=1S/C14H24N2O2S/c1-4-16(5-2)10-9-13-15-12(11-19-13)7-8-14(17)18-6-3/h11H,4-10H2,1-3H3. The average Bonchev–Trinajstić information content (AvgIpc) is 2.86. The van der Waals surface area contributed by atoms with Crippen LogP contribution in [0.25, 0.3) is 0 Å². The molecule has 0 saturated heterocycles. The lowest BCUT2D eigenvalue weighted by molar-refractivity contribution is -0.143. The van der Waals surface area contributed by atoms with Gasteiger partial charge in [0.05, 0.1) is 23.7 Å². The Balaban J connectivity index is 2.33. The summed E-state index contributed by atoms with van der Waals surface area (Å²) in [6, 6.07) is 0. The van der Waals surface area contributed by atoms with E-state index < -0.39 is 0 Å². The van der Waals surface area contributed by atoms with Crippen LogP contribution >= 0.6 is 11.3 Å². The molecule has 5 heteroatoms. The molecule has 0 aromatic carbocycles. The minimum Gasteiger partial charge on any atom is -0.466 e. The summed E-state index contributed by atoms with van der Waals surface area (Å²) in [5.74, 6) is -0.139. The first kappa shape index (κ1) is 16.1. The van der Waals surface area contributed by atoms with Gasteiger partial charge in [-0.3, -0.25) is 4.79 Å². The van der Waals surface area contributed by atoms with Crippen molar-refractivity contribution in [3.05, 3.63) is 16.1 Å². The number of ether oxygens (including phenoxy) is 1. The van der Waals surface area contributed by atoms with Gasteiger partial charge in [-0.2, -0.15) is 0 Å². The fraction of sp³-hybridized carbons (Fsp3) is 0.714. The average molecular weight is 284 g/mol. The number of rotatable bonds is 9. The summed E-state index contributed by atoms with van der Waals surface area (Å²) in [7, 11) is 0. The van der Waals surface area contributed by atoms with Gasteiger partial charge in [-0.05, 0) is 20.0 Å². The molecule has 0 saturated carbocycles. The summed E-state index contributed by atoms with van der Waals surface area (Å²) in [5.41, 5.74) is 1.01. The number of aromatic nitrogens is 1. The van der Waals surface area contributed by atoms with Gasteiger partial charge in [-0.1, -0.05) is 13.8 Å². The number of nitrogens with zero attached hydrogens (tertiary/aromatic N) is 2. The molecule has 0 N–H and O–H groups in total. The predicted octanol–water partition coefficient (Wildman–Crippen LogP) is 2.52. The molecule has 0 fully saturated rings. The van der Waals surface area contributed by atoms with Gasteiger partial charge in [-0.25, -0.2) is 4.98 Å². The van der Waals surface area contributed by atoms with Crippen molar-refractivity contribution >= 4 is 17.3 Å². The van der Waals surface area contributed by atoms with Gasteiger partial charge in [0.25, 0.3) is 0 Å². The van der Waals surface area contributed by atoms with Crippen LogP contribution in [0.5, 0.6) is 0 Å². The second-order valence-electron chi connectivity index (χ2n) is 4.31. The minimum atomic E-state index is -0.139. The molecular formula is C14H24N2O2S. The van der Waals surface area contributed by atoms with E-state index in [1.165, 1.54) is 0 Å². The first-order valence-electron chi connectivity index (χ1n) is 7.00.